The summed E-state index contributed by atoms with van der Waals surface area (Å²) in [5, 5.41) is 11.6. The maximum absolute atomic E-state index is 11.2. The minimum Gasteiger partial charge on any atom is -0.369 e. The van der Waals surface area contributed by atoms with E-state index >= 15 is 0 Å². The fourth-order valence-corrected chi connectivity index (χ4v) is 1.90. The molecule has 110 valence electrons. The molecule has 1 aromatic heterocycles. The predicted molar refractivity (Wildman–Crippen MR) is 83.9 cm³/mol. The third-order valence-corrected chi connectivity index (χ3v) is 3.14. The number of aromatic nitrogens is 2. The van der Waals surface area contributed by atoms with Crippen molar-refractivity contribution in [2.45, 2.75) is 20.3 Å². The van der Waals surface area contributed by atoms with Gasteiger partial charge in [-0.1, -0.05) is 26.0 Å². The van der Waals surface area contributed by atoms with Crippen molar-refractivity contribution in [3.05, 3.63) is 42.0 Å². The summed E-state index contributed by atoms with van der Waals surface area (Å²) in [6.45, 7) is 5.24. The predicted octanol–water partition coefficient (Wildman–Crippen LogP) is 2.70. The lowest BCUT2D eigenvalue weighted by molar-refractivity contribution is 0.100. The van der Waals surface area contributed by atoms with Crippen LogP contribution in [0.5, 0.6) is 0 Å². The van der Waals surface area contributed by atoms with Crippen molar-refractivity contribution in [2.75, 3.05) is 11.9 Å². The molecule has 5 nitrogen and oxygen atoms in total. The fraction of sp³-hybridized carbons (Fsp3) is 0.312. The summed E-state index contributed by atoms with van der Waals surface area (Å²) in [4.78, 5) is 11.2. The van der Waals surface area contributed by atoms with E-state index in [0.717, 1.165) is 24.3 Å². The Morgan fingerprint density at radius 1 is 1.24 bits per heavy atom. The molecule has 0 aliphatic carbocycles. The maximum Gasteiger partial charge on any atom is 0.248 e. The summed E-state index contributed by atoms with van der Waals surface area (Å²) >= 11 is 0. The van der Waals surface area contributed by atoms with Gasteiger partial charge in [0.1, 0.15) is 5.82 Å². The van der Waals surface area contributed by atoms with Gasteiger partial charge in [0.15, 0.2) is 0 Å². The summed E-state index contributed by atoms with van der Waals surface area (Å²) in [5.74, 6) is 0.962. The Morgan fingerprint density at radius 2 is 2.05 bits per heavy atom. The minimum atomic E-state index is -0.447. The monoisotopic (exact) mass is 284 g/mol. The SMILES string of the molecule is CC(C)CCNc1ccc(-c2cccc(C(N)=O)c2)nn1. The quantitative estimate of drug-likeness (QED) is 0.854. The van der Waals surface area contributed by atoms with Crippen molar-refractivity contribution in [1.29, 1.82) is 0 Å². The number of hydrogen-bond acceptors (Lipinski definition) is 4. The highest BCUT2D eigenvalue weighted by atomic mass is 16.1. The molecule has 0 atom stereocenters. The van der Waals surface area contributed by atoms with E-state index in [1.807, 2.05) is 18.2 Å². The zero-order valence-electron chi connectivity index (χ0n) is 12.3. The molecule has 1 amide bonds. The van der Waals surface area contributed by atoms with Crippen LogP contribution in [0.25, 0.3) is 11.3 Å². The van der Waals surface area contributed by atoms with E-state index in [2.05, 4.69) is 29.4 Å². The number of hydrogen-bond donors (Lipinski definition) is 2. The van der Waals surface area contributed by atoms with E-state index in [1.54, 1.807) is 18.2 Å². The molecular weight excluding hydrogens is 264 g/mol. The van der Waals surface area contributed by atoms with Crippen LogP contribution < -0.4 is 11.1 Å². The van der Waals surface area contributed by atoms with Crippen molar-refractivity contribution >= 4 is 11.7 Å². The van der Waals surface area contributed by atoms with Crippen molar-refractivity contribution < 1.29 is 4.79 Å². The Hall–Kier alpha value is -2.43. The molecule has 0 aliphatic heterocycles. The number of nitrogens with one attached hydrogen (secondary N) is 1. The van der Waals surface area contributed by atoms with Gasteiger partial charge in [-0.2, -0.15) is 0 Å². The van der Waals surface area contributed by atoms with Gasteiger partial charge in [0.05, 0.1) is 5.69 Å². The summed E-state index contributed by atoms with van der Waals surface area (Å²) in [6.07, 6.45) is 1.09. The molecule has 0 unspecified atom stereocenters. The number of amides is 1. The average molecular weight is 284 g/mol. The van der Waals surface area contributed by atoms with Crippen LogP contribution in [-0.2, 0) is 0 Å². The van der Waals surface area contributed by atoms with E-state index in [0.29, 0.717) is 17.2 Å². The number of primary amides is 1. The van der Waals surface area contributed by atoms with Gasteiger partial charge in [0, 0.05) is 17.7 Å². The van der Waals surface area contributed by atoms with Crippen LogP contribution in [0.2, 0.25) is 0 Å². The Kier molecular flexibility index (Phi) is 4.87. The highest BCUT2D eigenvalue weighted by Crippen LogP contribution is 2.18. The molecule has 0 bridgehead atoms. The van der Waals surface area contributed by atoms with Crippen molar-refractivity contribution in [1.82, 2.24) is 10.2 Å². The average Bonchev–Trinajstić information content (AvgIpc) is 2.48. The molecule has 1 aromatic carbocycles. The highest BCUT2D eigenvalue weighted by molar-refractivity contribution is 5.93. The molecule has 0 saturated carbocycles. The third-order valence-electron chi connectivity index (χ3n) is 3.14. The Bertz CT molecular complexity index is 608. The number of nitrogens with zero attached hydrogens (tertiary/aromatic N) is 2. The summed E-state index contributed by atoms with van der Waals surface area (Å²) < 4.78 is 0. The second-order valence-electron chi connectivity index (χ2n) is 5.36. The van der Waals surface area contributed by atoms with Gasteiger partial charge in [0.25, 0.3) is 0 Å². The largest absolute Gasteiger partial charge is 0.369 e. The lowest BCUT2D eigenvalue weighted by atomic mass is 10.1. The van der Waals surface area contributed by atoms with Gasteiger partial charge in [0.2, 0.25) is 5.91 Å². The van der Waals surface area contributed by atoms with Gasteiger partial charge in [-0.25, -0.2) is 0 Å². The molecule has 0 aliphatic rings. The topological polar surface area (TPSA) is 80.9 Å². The second-order valence-corrected chi connectivity index (χ2v) is 5.36. The molecule has 1 heterocycles. The Labute approximate surface area is 124 Å². The van der Waals surface area contributed by atoms with E-state index in [9.17, 15) is 4.79 Å². The van der Waals surface area contributed by atoms with E-state index in [4.69, 9.17) is 5.73 Å². The molecule has 3 N–H and O–H groups in total. The molecule has 2 rings (SSSR count). The normalized spacial score (nSPS) is 10.6. The molecule has 0 spiro atoms. The van der Waals surface area contributed by atoms with E-state index in [-0.39, 0.29) is 0 Å². The fourth-order valence-electron chi connectivity index (χ4n) is 1.90. The number of anilines is 1. The lowest BCUT2D eigenvalue weighted by Crippen LogP contribution is -2.10. The molecule has 2 aromatic rings. The molecule has 0 radical (unpaired) electrons. The summed E-state index contributed by atoms with van der Waals surface area (Å²) in [7, 11) is 0. The first-order chi connectivity index (χ1) is 10.1. The number of carbonyl (C=O) groups is 1. The van der Waals surface area contributed by atoms with Crippen LogP contribution in [0.1, 0.15) is 30.6 Å². The number of rotatable bonds is 6. The number of nitrogens with two attached hydrogens (primary N) is 1. The smallest absolute Gasteiger partial charge is 0.248 e. The van der Waals surface area contributed by atoms with Gasteiger partial charge in [-0.15, -0.1) is 10.2 Å². The zero-order valence-corrected chi connectivity index (χ0v) is 12.3. The van der Waals surface area contributed by atoms with Gasteiger partial charge >= 0.3 is 0 Å². The number of benzene rings is 1. The van der Waals surface area contributed by atoms with Gasteiger partial charge in [-0.3, -0.25) is 4.79 Å². The van der Waals surface area contributed by atoms with Gasteiger partial charge in [-0.05, 0) is 36.6 Å². The molecule has 0 saturated heterocycles. The standard InChI is InChI=1S/C16H20N4O/c1-11(2)8-9-18-15-7-6-14(19-20-15)12-4-3-5-13(10-12)16(17)21/h3-7,10-11H,8-9H2,1-2H3,(H2,17,21)(H,18,20). The lowest BCUT2D eigenvalue weighted by Gasteiger charge is -2.07. The van der Waals surface area contributed by atoms with Crippen molar-refractivity contribution in [2.24, 2.45) is 11.7 Å². The first-order valence-electron chi connectivity index (χ1n) is 7.04. The molecule has 5 heteroatoms. The van der Waals surface area contributed by atoms with Gasteiger partial charge < -0.3 is 11.1 Å². The molecular formula is C16H20N4O. The van der Waals surface area contributed by atoms with Crippen LogP contribution in [0.3, 0.4) is 0 Å². The van der Waals surface area contributed by atoms with Crippen LogP contribution in [0, 0.1) is 5.92 Å². The van der Waals surface area contributed by atoms with Crippen molar-refractivity contribution in [3.63, 3.8) is 0 Å². The first-order valence-corrected chi connectivity index (χ1v) is 7.04. The van der Waals surface area contributed by atoms with Crippen LogP contribution >= 0.6 is 0 Å². The zero-order chi connectivity index (χ0) is 15.2. The Morgan fingerprint density at radius 3 is 2.67 bits per heavy atom. The summed E-state index contributed by atoms with van der Waals surface area (Å²) in [6, 6.07) is 10.8. The molecule has 0 fully saturated rings. The Balaban J connectivity index is 2.08. The first kappa shape index (κ1) is 15.0. The van der Waals surface area contributed by atoms with Crippen LogP contribution in [-0.4, -0.2) is 22.6 Å². The van der Waals surface area contributed by atoms with E-state index in [1.165, 1.54) is 0 Å². The third kappa shape index (κ3) is 4.27. The van der Waals surface area contributed by atoms with Crippen LogP contribution in [0.15, 0.2) is 36.4 Å². The minimum absolute atomic E-state index is 0.447. The van der Waals surface area contributed by atoms with Crippen molar-refractivity contribution in [3.8, 4) is 11.3 Å². The highest BCUT2D eigenvalue weighted by Gasteiger charge is 2.05. The second kappa shape index (κ2) is 6.83. The number of carbonyl (C=O) groups excluding carboxylic acids is 1. The summed E-state index contributed by atoms with van der Waals surface area (Å²) in [5.41, 5.74) is 7.29. The van der Waals surface area contributed by atoms with E-state index < -0.39 is 5.91 Å². The van der Waals surface area contributed by atoms with Crippen LogP contribution in [0.4, 0.5) is 5.82 Å². The molecule has 21 heavy (non-hydrogen) atoms. The maximum atomic E-state index is 11.2.